The fourth-order valence-corrected chi connectivity index (χ4v) is 2.67. The van der Waals surface area contributed by atoms with E-state index in [0.29, 0.717) is 17.3 Å². The molecule has 0 aliphatic heterocycles. The summed E-state index contributed by atoms with van der Waals surface area (Å²) in [5.41, 5.74) is 4.04. The third-order valence-electron chi connectivity index (χ3n) is 4.27. The summed E-state index contributed by atoms with van der Waals surface area (Å²) in [6.07, 6.45) is 0. The zero-order valence-corrected chi connectivity index (χ0v) is 15.8. The Hall–Kier alpha value is -3.41. The van der Waals surface area contributed by atoms with Crippen molar-refractivity contribution in [3.8, 4) is 5.75 Å². The number of rotatable bonds is 5. The van der Waals surface area contributed by atoms with Gasteiger partial charge in [0.25, 0.3) is 5.91 Å². The number of hydrogen-bond donors (Lipinski definition) is 2. The Morgan fingerprint density at radius 1 is 1.00 bits per heavy atom. The quantitative estimate of drug-likeness (QED) is 0.703. The topological polar surface area (TPSA) is 76.1 Å². The highest BCUT2D eigenvalue weighted by molar-refractivity contribution is 6.03. The molecule has 3 aromatic rings. The second kappa shape index (κ2) is 7.86. The van der Waals surface area contributed by atoms with Crippen molar-refractivity contribution < 1.29 is 9.53 Å². The van der Waals surface area contributed by atoms with E-state index in [-0.39, 0.29) is 5.91 Å². The largest absolute Gasteiger partial charge is 0.497 e. The molecule has 1 aromatic heterocycles. The van der Waals surface area contributed by atoms with E-state index in [9.17, 15) is 4.79 Å². The van der Waals surface area contributed by atoms with Gasteiger partial charge in [-0.1, -0.05) is 18.2 Å². The van der Waals surface area contributed by atoms with Gasteiger partial charge in [-0.05, 0) is 50.1 Å². The molecule has 2 N–H and O–H groups in total. The normalized spacial score (nSPS) is 10.4. The number of nitrogens with zero attached hydrogens (tertiary/aromatic N) is 2. The van der Waals surface area contributed by atoms with Gasteiger partial charge >= 0.3 is 0 Å². The fraction of sp³-hybridized carbons (Fsp3) is 0.190. The Morgan fingerprint density at radius 3 is 2.56 bits per heavy atom. The second-order valence-electron chi connectivity index (χ2n) is 6.24. The van der Waals surface area contributed by atoms with Crippen molar-refractivity contribution >= 4 is 23.1 Å². The minimum atomic E-state index is -0.275. The van der Waals surface area contributed by atoms with Crippen LogP contribution in [0.1, 0.15) is 27.4 Å². The van der Waals surface area contributed by atoms with Crippen molar-refractivity contribution in [2.75, 3.05) is 17.7 Å². The Kier molecular flexibility index (Phi) is 5.35. The molecule has 0 aliphatic rings. The molecule has 1 heterocycles. The maximum Gasteiger partial charge on any atom is 0.274 e. The maximum absolute atomic E-state index is 12.7. The van der Waals surface area contributed by atoms with Crippen LogP contribution in [0.3, 0.4) is 0 Å². The molecule has 0 fully saturated rings. The monoisotopic (exact) mass is 362 g/mol. The van der Waals surface area contributed by atoms with Crippen molar-refractivity contribution in [3.63, 3.8) is 0 Å². The number of carbonyl (C=O) groups excluding carboxylic acids is 1. The van der Waals surface area contributed by atoms with Crippen molar-refractivity contribution in [1.29, 1.82) is 0 Å². The van der Waals surface area contributed by atoms with Crippen LogP contribution in [0.5, 0.6) is 5.75 Å². The van der Waals surface area contributed by atoms with Crippen molar-refractivity contribution in [3.05, 3.63) is 71.2 Å². The third-order valence-corrected chi connectivity index (χ3v) is 4.27. The minimum Gasteiger partial charge on any atom is -0.497 e. The number of anilines is 3. The molecule has 0 saturated heterocycles. The number of aryl methyl sites for hydroxylation is 2. The lowest BCUT2D eigenvalue weighted by Crippen LogP contribution is -2.16. The summed E-state index contributed by atoms with van der Waals surface area (Å²) in [6.45, 7) is 5.74. The minimum absolute atomic E-state index is 0.275. The number of hydrogen-bond acceptors (Lipinski definition) is 5. The van der Waals surface area contributed by atoms with Crippen molar-refractivity contribution in [2.24, 2.45) is 0 Å². The molecule has 0 aliphatic carbocycles. The number of aromatic nitrogens is 2. The first-order chi connectivity index (χ1) is 13.0. The van der Waals surface area contributed by atoms with Crippen LogP contribution in [0, 0.1) is 20.8 Å². The standard InChI is InChI=1S/C21H22N4O2/c1-13-7-5-10-18(14(13)2)25-21(26)19-12-20(23-15(3)22-19)24-16-8-6-9-17(11-16)27-4/h5-12H,1-4H3,(H,25,26)(H,22,23,24). The summed E-state index contributed by atoms with van der Waals surface area (Å²) in [6, 6.07) is 14.9. The lowest BCUT2D eigenvalue weighted by atomic mass is 10.1. The first-order valence-corrected chi connectivity index (χ1v) is 8.60. The van der Waals surface area contributed by atoms with E-state index in [0.717, 1.165) is 28.3 Å². The molecule has 6 nitrogen and oxygen atoms in total. The van der Waals surface area contributed by atoms with E-state index in [2.05, 4.69) is 20.6 Å². The molecule has 0 saturated carbocycles. The van der Waals surface area contributed by atoms with Crippen LogP contribution >= 0.6 is 0 Å². The highest BCUT2D eigenvalue weighted by Crippen LogP contribution is 2.22. The summed E-state index contributed by atoms with van der Waals surface area (Å²) in [4.78, 5) is 21.3. The van der Waals surface area contributed by atoms with E-state index < -0.39 is 0 Å². The van der Waals surface area contributed by atoms with E-state index in [1.165, 1.54) is 0 Å². The molecule has 0 spiro atoms. The molecular weight excluding hydrogens is 340 g/mol. The van der Waals surface area contributed by atoms with E-state index >= 15 is 0 Å². The van der Waals surface area contributed by atoms with Crippen LogP contribution in [0.15, 0.2) is 48.5 Å². The predicted octanol–water partition coefficient (Wildman–Crippen LogP) is 4.41. The van der Waals surface area contributed by atoms with Crippen LogP contribution in [0.2, 0.25) is 0 Å². The van der Waals surface area contributed by atoms with Gasteiger partial charge in [0.15, 0.2) is 0 Å². The molecule has 138 valence electrons. The summed E-state index contributed by atoms with van der Waals surface area (Å²) in [5.74, 6) is 1.51. The van der Waals surface area contributed by atoms with E-state index in [1.807, 2.05) is 56.3 Å². The number of ether oxygens (including phenoxy) is 1. The van der Waals surface area contributed by atoms with Gasteiger partial charge in [-0.2, -0.15) is 0 Å². The SMILES string of the molecule is COc1cccc(Nc2cc(C(=O)Nc3cccc(C)c3C)nc(C)n2)c1. The predicted molar refractivity (Wildman–Crippen MR) is 107 cm³/mol. The molecule has 6 heteroatoms. The third kappa shape index (κ3) is 4.41. The fourth-order valence-electron chi connectivity index (χ4n) is 2.67. The van der Waals surface area contributed by atoms with Gasteiger partial charge in [0.2, 0.25) is 0 Å². The molecule has 1 amide bonds. The lowest BCUT2D eigenvalue weighted by molar-refractivity contribution is 0.102. The van der Waals surface area contributed by atoms with Crippen LogP contribution in [0.4, 0.5) is 17.2 Å². The zero-order chi connectivity index (χ0) is 19.4. The number of carbonyl (C=O) groups is 1. The van der Waals surface area contributed by atoms with Gasteiger partial charge in [0.1, 0.15) is 23.1 Å². The molecule has 0 unspecified atom stereocenters. The summed E-state index contributed by atoms with van der Waals surface area (Å²) in [5, 5.41) is 6.11. The highest BCUT2D eigenvalue weighted by atomic mass is 16.5. The number of methoxy groups -OCH3 is 1. The van der Waals surface area contributed by atoms with Gasteiger partial charge in [-0.15, -0.1) is 0 Å². The average Bonchev–Trinajstić information content (AvgIpc) is 2.65. The molecule has 0 radical (unpaired) electrons. The zero-order valence-electron chi connectivity index (χ0n) is 15.8. The molecule has 0 atom stereocenters. The molecule has 3 rings (SSSR count). The number of nitrogens with one attached hydrogen (secondary N) is 2. The molecule has 0 bridgehead atoms. The Labute approximate surface area is 158 Å². The van der Waals surface area contributed by atoms with Crippen LogP contribution in [-0.4, -0.2) is 23.0 Å². The van der Waals surface area contributed by atoms with E-state index in [4.69, 9.17) is 4.74 Å². The van der Waals surface area contributed by atoms with E-state index in [1.54, 1.807) is 20.1 Å². The van der Waals surface area contributed by atoms with Gasteiger partial charge in [0.05, 0.1) is 7.11 Å². The van der Waals surface area contributed by atoms with Gasteiger partial charge in [-0.25, -0.2) is 9.97 Å². The Morgan fingerprint density at radius 2 is 1.78 bits per heavy atom. The van der Waals surface area contributed by atoms with Crippen LogP contribution < -0.4 is 15.4 Å². The number of amides is 1. The summed E-state index contributed by atoms with van der Waals surface area (Å²) < 4.78 is 5.23. The average molecular weight is 362 g/mol. The van der Waals surface area contributed by atoms with Gasteiger partial charge in [0, 0.05) is 23.5 Å². The van der Waals surface area contributed by atoms with Gasteiger partial charge < -0.3 is 15.4 Å². The molecule has 2 aromatic carbocycles. The Bertz CT molecular complexity index is 986. The number of benzene rings is 2. The van der Waals surface area contributed by atoms with Crippen LogP contribution in [0.25, 0.3) is 0 Å². The molecular formula is C21H22N4O2. The first-order valence-electron chi connectivity index (χ1n) is 8.60. The highest BCUT2D eigenvalue weighted by Gasteiger charge is 2.13. The maximum atomic E-state index is 12.7. The smallest absolute Gasteiger partial charge is 0.274 e. The summed E-state index contributed by atoms with van der Waals surface area (Å²) >= 11 is 0. The Balaban J connectivity index is 1.84. The first kappa shape index (κ1) is 18.4. The van der Waals surface area contributed by atoms with Crippen LogP contribution in [-0.2, 0) is 0 Å². The summed E-state index contributed by atoms with van der Waals surface area (Å²) in [7, 11) is 1.61. The van der Waals surface area contributed by atoms with Crippen molar-refractivity contribution in [1.82, 2.24) is 9.97 Å². The second-order valence-corrected chi connectivity index (χ2v) is 6.24. The molecule has 27 heavy (non-hydrogen) atoms. The lowest BCUT2D eigenvalue weighted by Gasteiger charge is -2.12. The van der Waals surface area contributed by atoms with Gasteiger partial charge in [-0.3, -0.25) is 4.79 Å². The van der Waals surface area contributed by atoms with Crippen molar-refractivity contribution in [2.45, 2.75) is 20.8 Å².